The number of thiocarbonyl (C=S) groups is 1. The van der Waals surface area contributed by atoms with Crippen LogP contribution in [0.4, 0.5) is 0 Å². The second-order valence-corrected chi connectivity index (χ2v) is 5.02. The quantitative estimate of drug-likeness (QED) is 0.423. The SMILES string of the molecule is CCCCCC(=O)NNC(=S)NC(=O)c1ccccc1OC. The molecule has 0 bridgehead atoms. The fourth-order valence-electron chi connectivity index (χ4n) is 1.76. The molecule has 3 N–H and O–H groups in total. The van der Waals surface area contributed by atoms with Gasteiger partial charge in [-0.05, 0) is 30.8 Å². The molecule has 0 saturated carbocycles. The van der Waals surface area contributed by atoms with Gasteiger partial charge in [-0.2, -0.15) is 0 Å². The van der Waals surface area contributed by atoms with Crippen molar-refractivity contribution in [3.63, 3.8) is 0 Å². The van der Waals surface area contributed by atoms with Gasteiger partial charge in [-0.3, -0.25) is 25.8 Å². The van der Waals surface area contributed by atoms with Gasteiger partial charge in [0.15, 0.2) is 5.11 Å². The zero-order valence-electron chi connectivity index (χ0n) is 12.8. The van der Waals surface area contributed by atoms with Gasteiger partial charge in [-0.25, -0.2) is 0 Å². The fourth-order valence-corrected chi connectivity index (χ4v) is 1.90. The monoisotopic (exact) mass is 323 g/mol. The van der Waals surface area contributed by atoms with Crippen molar-refractivity contribution in [2.75, 3.05) is 7.11 Å². The van der Waals surface area contributed by atoms with Crippen LogP contribution in [-0.2, 0) is 4.79 Å². The molecular formula is C15H21N3O3S. The fraction of sp³-hybridized carbons (Fsp3) is 0.400. The van der Waals surface area contributed by atoms with E-state index in [4.69, 9.17) is 17.0 Å². The third kappa shape index (κ3) is 6.09. The van der Waals surface area contributed by atoms with Crippen LogP contribution in [0.15, 0.2) is 24.3 Å². The molecule has 0 aliphatic heterocycles. The van der Waals surface area contributed by atoms with Crippen molar-refractivity contribution in [3.8, 4) is 5.75 Å². The molecule has 0 spiro atoms. The third-order valence-electron chi connectivity index (χ3n) is 2.90. The lowest BCUT2D eigenvalue weighted by atomic mass is 10.2. The van der Waals surface area contributed by atoms with Crippen LogP contribution in [0, 0.1) is 0 Å². The molecule has 6 nitrogen and oxygen atoms in total. The number of benzene rings is 1. The smallest absolute Gasteiger partial charge is 0.261 e. The van der Waals surface area contributed by atoms with Crippen LogP contribution in [0.1, 0.15) is 43.0 Å². The molecule has 1 rings (SSSR count). The molecule has 0 heterocycles. The van der Waals surface area contributed by atoms with Gasteiger partial charge in [0, 0.05) is 6.42 Å². The lowest BCUT2D eigenvalue weighted by Crippen LogP contribution is -2.48. The minimum atomic E-state index is -0.407. The van der Waals surface area contributed by atoms with E-state index in [2.05, 4.69) is 23.1 Å². The summed E-state index contributed by atoms with van der Waals surface area (Å²) < 4.78 is 5.11. The summed E-state index contributed by atoms with van der Waals surface area (Å²) in [5.41, 5.74) is 5.32. The summed E-state index contributed by atoms with van der Waals surface area (Å²) in [6.07, 6.45) is 3.30. The Morgan fingerprint density at radius 3 is 2.59 bits per heavy atom. The molecule has 22 heavy (non-hydrogen) atoms. The van der Waals surface area contributed by atoms with Crippen LogP contribution in [0.25, 0.3) is 0 Å². The maximum atomic E-state index is 12.1. The second-order valence-electron chi connectivity index (χ2n) is 4.61. The zero-order chi connectivity index (χ0) is 16.4. The molecule has 1 aromatic rings. The van der Waals surface area contributed by atoms with E-state index in [1.165, 1.54) is 7.11 Å². The molecule has 0 unspecified atom stereocenters. The van der Waals surface area contributed by atoms with Crippen LogP contribution in [0.2, 0.25) is 0 Å². The van der Waals surface area contributed by atoms with E-state index in [9.17, 15) is 9.59 Å². The summed E-state index contributed by atoms with van der Waals surface area (Å²) in [6, 6.07) is 6.80. The number of nitrogens with one attached hydrogen (secondary N) is 3. The largest absolute Gasteiger partial charge is 0.496 e. The molecule has 0 aliphatic rings. The molecule has 0 fully saturated rings. The maximum Gasteiger partial charge on any atom is 0.261 e. The van der Waals surface area contributed by atoms with Gasteiger partial charge in [0.2, 0.25) is 5.91 Å². The minimum absolute atomic E-state index is 0.0275. The Labute approximate surface area is 135 Å². The van der Waals surface area contributed by atoms with Crippen LogP contribution in [0.5, 0.6) is 5.75 Å². The molecular weight excluding hydrogens is 302 g/mol. The number of hydrogen-bond acceptors (Lipinski definition) is 4. The summed E-state index contributed by atoms with van der Waals surface area (Å²) >= 11 is 4.96. The Bertz CT molecular complexity index is 535. The van der Waals surface area contributed by atoms with Crippen molar-refractivity contribution in [1.82, 2.24) is 16.2 Å². The van der Waals surface area contributed by atoms with Crippen molar-refractivity contribution >= 4 is 29.1 Å². The summed E-state index contributed by atoms with van der Waals surface area (Å²) in [5, 5.41) is 2.51. The van der Waals surface area contributed by atoms with Crippen LogP contribution in [0.3, 0.4) is 0 Å². The number of carbonyl (C=O) groups is 2. The molecule has 1 aromatic carbocycles. The number of hydrazine groups is 1. The standard InChI is InChI=1S/C15H21N3O3S/c1-3-4-5-10-13(19)17-18-15(22)16-14(20)11-8-6-7-9-12(11)21-2/h6-9H,3-5,10H2,1-2H3,(H,17,19)(H2,16,18,20,22). The van der Waals surface area contributed by atoms with Crippen molar-refractivity contribution in [2.24, 2.45) is 0 Å². The highest BCUT2D eigenvalue weighted by molar-refractivity contribution is 7.80. The van der Waals surface area contributed by atoms with Crippen molar-refractivity contribution in [1.29, 1.82) is 0 Å². The van der Waals surface area contributed by atoms with E-state index < -0.39 is 5.91 Å². The van der Waals surface area contributed by atoms with Gasteiger partial charge in [0.25, 0.3) is 5.91 Å². The van der Waals surface area contributed by atoms with Crippen molar-refractivity contribution in [3.05, 3.63) is 29.8 Å². The van der Waals surface area contributed by atoms with E-state index in [1.54, 1.807) is 24.3 Å². The first kappa shape index (κ1) is 17.9. The lowest BCUT2D eigenvalue weighted by molar-refractivity contribution is -0.121. The Hall–Kier alpha value is -2.15. The third-order valence-corrected chi connectivity index (χ3v) is 3.11. The summed E-state index contributed by atoms with van der Waals surface area (Å²) in [5.74, 6) is -0.121. The number of methoxy groups -OCH3 is 1. The Balaban J connectivity index is 2.41. The first-order valence-corrected chi connectivity index (χ1v) is 7.52. The number of unbranched alkanes of at least 4 members (excludes halogenated alkanes) is 2. The first-order chi connectivity index (χ1) is 10.6. The Morgan fingerprint density at radius 1 is 1.18 bits per heavy atom. The van der Waals surface area contributed by atoms with Crippen LogP contribution in [-0.4, -0.2) is 24.0 Å². The van der Waals surface area contributed by atoms with E-state index in [0.717, 1.165) is 19.3 Å². The molecule has 0 saturated heterocycles. The normalized spacial score (nSPS) is 9.73. The van der Waals surface area contributed by atoms with E-state index in [1.807, 2.05) is 0 Å². The Morgan fingerprint density at radius 2 is 1.91 bits per heavy atom. The predicted molar refractivity (Wildman–Crippen MR) is 88.5 cm³/mol. The van der Waals surface area contributed by atoms with Crippen LogP contribution >= 0.6 is 12.2 Å². The van der Waals surface area contributed by atoms with Crippen molar-refractivity contribution < 1.29 is 14.3 Å². The molecule has 0 aromatic heterocycles. The number of ether oxygens (including phenoxy) is 1. The second kappa shape index (κ2) is 9.73. The predicted octanol–water partition coefficient (Wildman–Crippen LogP) is 1.91. The summed E-state index contributed by atoms with van der Waals surface area (Å²) in [6.45, 7) is 2.07. The van der Waals surface area contributed by atoms with Gasteiger partial charge >= 0.3 is 0 Å². The molecule has 0 radical (unpaired) electrons. The number of carbonyl (C=O) groups excluding carboxylic acids is 2. The molecule has 120 valence electrons. The topological polar surface area (TPSA) is 79.5 Å². The van der Waals surface area contributed by atoms with Gasteiger partial charge in [0.05, 0.1) is 12.7 Å². The van der Waals surface area contributed by atoms with E-state index >= 15 is 0 Å². The number of para-hydroxylation sites is 1. The molecule has 0 atom stereocenters. The highest BCUT2D eigenvalue weighted by atomic mass is 32.1. The molecule has 7 heteroatoms. The highest BCUT2D eigenvalue weighted by Crippen LogP contribution is 2.16. The van der Waals surface area contributed by atoms with Gasteiger partial charge in [-0.15, -0.1) is 0 Å². The van der Waals surface area contributed by atoms with E-state index in [0.29, 0.717) is 17.7 Å². The average Bonchev–Trinajstić information content (AvgIpc) is 2.53. The summed E-state index contributed by atoms with van der Waals surface area (Å²) in [4.78, 5) is 23.6. The number of hydrogen-bond donors (Lipinski definition) is 3. The van der Waals surface area contributed by atoms with Crippen molar-refractivity contribution in [2.45, 2.75) is 32.6 Å². The first-order valence-electron chi connectivity index (χ1n) is 7.11. The van der Waals surface area contributed by atoms with E-state index in [-0.39, 0.29) is 11.0 Å². The Kier molecular flexibility index (Phi) is 7.91. The van der Waals surface area contributed by atoms with Gasteiger partial charge < -0.3 is 4.74 Å². The summed E-state index contributed by atoms with van der Waals surface area (Å²) in [7, 11) is 1.49. The number of rotatable bonds is 6. The maximum absolute atomic E-state index is 12.1. The molecule has 2 amide bonds. The molecule has 0 aliphatic carbocycles. The lowest BCUT2D eigenvalue weighted by Gasteiger charge is -2.12. The number of amides is 2. The highest BCUT2D eigenvalue weighted by Gasteiger charge is 2.12. The zero-order valence-corrected chi connectivity index (χ0v) is 13.6. The van der Waals surface area contributed by atoms with Crippen LogP contribution < -0.4 is 20.9 Å². The van der Waals surface area contributed by atoms with Gasteiger partial charge in [-0.1, -0.05) is 31.9 Å². The van der Waals surface area contributed by atoms with Gasteiger partial charge in [0.1, 0.15) is 5.75 Å². The minimum Gasteiger partial charge on any atom is -0.496 e. The average molecular weight is 323 g/mol.